The summed E-state index contributed by atoms with van der Waals surface area (Å²) >= 11 is 9.24. The van der Waals surface area contributed by atoms with Gasteiger partial charge in [0.2, 0.25) is 5.91 Å². The number of hydrogen-bond donors (Lipinski definition) is 0. The van der Waals surface area contributed by atoms with E-state index in [0.29, 0.717) is 16.0 Å². The lowest BCUT2D eigenvalue weighted by Gasteiger charge is -2.31. The molecule has 1 aliphatic heterocycles. The molecule has 30 heavy (non-hydrogen) atoms. The largest absolute Gasteiger partial charge is 0.278 e. The molecule has 0 bridgehead atoms. The van der Waals surface area contributed by atoms with E-state index in [0.717, 1.165) is 32.6 Å². The molecule has 0 saturated heterocycles. The zero-order valence-electron chi connectivity index (χ0n) is 16.2. The first-order valence-electron chi connectivity index (χ1n) is 9.23. The second kappa shape index (κ2) is 7.61. The highest BCUT2D eigenvalue weighted by molar-refractivity contribution is 8.00. The molecular weight excluding hydrogens is 438 g/mol. The van der Waals surface area contributed by atoms with Crippen LogP contribution in [-0.4, -0.2) is 31.2 Å². The molecule has 5 rings (SSSR count). The standard InChI is InChI=1S/C21H16ClN5OS2/c1-12-9-13(2)26-20(23-12)24-25-21(26)29-11-19(28)27-15-5-3-4-6-17(15)30-18-8-7-14(22)10-16(18)27/h3-10H,11H2,1-2H3. The Morgan fingerprint density at radius 1 is 1.07 bits per heavy atom. The summed E-state index contributed by atoms with van der Waals surface area (Å²) in [5, 5.41) is 9.63. The van der Waals surface area contributed by atoms with Gasteiger partial charge in [-0.05, 0) is 50.2 Å². The van der Waals surface area contributed by atoms with Gasteiger partial charge in [-0.3, -0.25) is 14.1 Å². The highest BCUT2D eigenvalue weighted by atomic mass is 35.5. The maximum atomic E-state index is 13.4. The molecule has 1 aliphatic rings. The van der Waals surface area contributed by atoms with E-state index in [2.05, 4.69) is 15.2 Å². The number of aryl methyl sites for hydroxylation is 2. The summed E-state index contributed by atoms with van der Waals surface area (Å²) in [6.45, 7) is 3.90. The van der Waals surface area contributed by atoms with Crippen LogP contribution in [0.25, 0.3) is 5.78 Å². The molecule has 0 unspecified atom stereocenters. The maximum Gasteiger partial charge on any atom is 0.256 e. The third-order valence-electron chi connectivity index (χ3n) is 4.73. The summed E-state index contributed by atoms with van der Waals surface area (Å²) in [5.41, 5.74) is 3.53. The number of hydrogen-bond acceptors (Lipinski definition) is 6. The zero-order valence-corrected chi connectivity index (χ0v) is 18.6. The van der Waals surface area contributed by atoms with Crippen molar-refractivity contribution in [2.45, 2.75) is 28.8 Å². The summed E-state index contributed by atoms with van der Waals surface area (Å²) in [6.07, 6.45) is 0. The highest BCUT2D eigenvalue weighted by Crippen LogP contribution is 2.49. The van der Waals surface area contributed by atoms with Crippen LogP contribution in [0.1, 0.15) is 11.4 Å². The Morgan fingerprint density at radius 2 is 1.87 bits per heavy atom. The Labute approximate surface area is 186 Å². The monoisotopic (exact) mass is 453 g/mol. The summed E-state index contributed by atoms with van der Waals surface area (Å²) in [6, 6.07) is 15.5. The zero-order chi connectivity index (χ0) is 20.8. The number of halogens is 1. The van der Waals surface area contributed by atoms with Crippen molar-refractivity contribution in [1.29, 1.82) is 0 Å². The third kappa shape index (κ3) is 3.34. The lowest BCUT2D eigenvalue weighted by Crippen LogP contribution is -2.30. The minimum Gasteiger partial charge on any atom is -0.278 e. The number of carbonyl (C=O) groups excluding carboxylic acids is 1. The van der Waals surface area contributed by atoms with Crippen LogP contribution in [0.4, 0.5) is 11.4 Å². The molecule has 3 heterocycles. The molecule has 6 nitrogen and oxygen atoms in total. The van der Waals surface area contributed by atoms with E-state index in [1.807, 2.05) is 66.8 Å². The van der Waals surface area contributed by atoms with Gasteiger partial charge < -0.3 is 0 Å². The number of amides is 1. The van der Waals surface area contributed by atoms with Gasteiger partial charge in [-0.1, -0.05) is 47.3 Å². The predicted molar refractivity (Wildman–Crippen MR) is 120 cm³/mol. The number of aromatic nitrogens is 4. The summed E-state index contributed by atoms with van der Waals surface area (Å²) in [7, 11) is 0. The number of carbonyl (C=O) groups is 1. The third-order valence-corrected chi connectivity index (χ3v) is 7.00. The van der Waals surface area contributed by atoms with Crippen LogP contribution in [0.3, 0.4) is 0 Å². The van der Waals surface area contributed by atoms with Crippen molar-refractivity contribution in [3.8, 4) is 0 Å². The number of anilines is 2. The van der Waals surface area contributed by atoms with Gasteiger partial charge in [0, 0.05) is 26.2 Å². The molecule has 0 fully saturated rings. The van der Waals surface area contributed by atoms with E-state index >= 15 is 0 Å². The topological polar surface area (TPSA) is 63.4 Å². The molecule has 4 aromatic rings. The minimum atomic E-state index is -0.0502. The van der Waals surface area contributed by atoms with Crippen LogP contribution >= 0.6 is 35.1 Å². The molecule has 2 aromatic heterocycles. The van der Waals surface area contributed by atoms with Gasteiger partial charge >= 0.3 is 0 Å². The molecule has 2 aromatic carbocycles. The van der Waals surface area contributed by atoms with E-state index < -0.39 is 0 Å². The molecule has 1 amide bonds. The van der Waals surface area contributed by atoms with Gasteiger partial charge in [0.1, 0.15) is 0 Å². The fraction of sp³-hybridized carbons (Fsp3) is 0.143. The van der Waals surface area contributed by atoms with Gasteiger partial charge in [0.25, 0.3) is 5.78 Å². The number of fused-ring (bicyclic) bond motifs is 3. The summed E-state index contributed by atoms with van der Waals surface area (Å²) < 4.78 is 1.87. The van der Waals surface area contributed by atoms with Gasteiger partial charge in [-0.25, -0.2) is 4.98 Å². The number of nitrogens with zero attached hydrogens (tertiary/aromatic N) is 5. The molecule has 0 aliphatic carbocycles. The fourth-order valence-corrected chi connectivity index (χ4v) is 5.52. The van der Waals surface area contributed by atoms with Crippen LogP contribution in [0.5, 0.6) is 0 Å². The van der Waals surface area contributed by atoms with E-state index in [4.69, 9.17) is 11.6 Å². The second-order valence-electron chi connectivity index (χ2n) is 6.86. The molecule has 150 valence electrons. The van der Waals surface area contributed by atoms with Crippen LogP contribution < -0.4 is 4.90 Å². The SMILES string of the molecule is Cc1cc(C)n2c(SCC(=O)N3c4ccccc4Sc4ccc(Cl)cc43)nnc2n1. The summed E-state index contributed by atoms with van der Waals surface area (Å²) in [5.74, 6) is 0.698. The molecular formula is C21H16ClN5OS2. The van der Waals surface area contributed by atoms with Crippen LogP contribution in [0.2, 0.25) is 5.02 Å². The van der Waals surface area contributed by atoms with Crippen molar-refractivity contribution in [2.75, 3.05) is 10.7 Å². The molecule has 0 spiro atoms. The normalized spacial score (nSPS) is 12.7. The highest BCUT2D eigenvalue weighted by Gasteiger charge is 2.28. The van der Waals surface area contributed by atoms with Crippen LogP contribution in [0.15, 0.2) is 63.5 Å². The van der Waals surface area contributed by atoms with Crippen LogP contribution in [-0.2, 0) is 4.79 Å². The van der Waals surface area contributed by atoms with E-state index in [-0.39, 0.29) is 11.7 Å². The number of rotatable bonds is 3. The van der Waals surface area contributed by atoms with Crippen LogP contribution in [0, 0.1) is 13.8 Å². The fourth-order valence-electron chi connectivity index (χ4n) is 3.48. The first-order valence-corrected chi connectivity index (χ1v) is 11.4. The maximum absolute atomic E-state index is 13.4. The molecule has 9 heteroatoms. The molecule has 0 N–H and O–H groups in total. The lowest BCUT2D eigenvalue weighted by atomic mass is 10.2. The Bertz CT molecular complexity index is 1310. The van der Waals surface area contributed by atoms with Gasteiger partial charge in [0.15, 0.2) is 5.16 Å². The van der Waals surface area contributed by atoms with Crippen molar-refractivity contribution in [2.24, 2.45) is 0 Å². The average molecular weight is 454 g/mol. The van der Waals surface area contributed by atoms with Gasteiger partial charge in [0.05, 0.1) is 17.1 Å². The Morgan fingerprint density at radius 3 is 2.73 bits per heavy atom. The quantitative estimate of drug-likeness (QED) is 0.391. The van der Waals surface area contributed by atoms with Crippen molar-refractivity contribution >= 4 is 58.2 Å². The minimum absolute atomic E-state index is 0.0502. The Kier molecular flexibility index (Phi) is 4.92. The van der Waals surface area contributed by atoms with E-state index in [1.54, 1.807) is 16.7 Å². The summed E-state index contributed by atoms with van der Waals surface area (Å²) in [4.78, 5) is 21.6. The van der Waals surface area contributed by atoms with E-state index in [1.165, 1.54) is 11.8 Å². The molecule has 0 radical (unpaired) electrons. The Balaban J connectivity index is 1.48. The van der Waals surface area contributed by atoms with E-state index in [9.17, 15) is 4.79 Å². The van der Waals surface area contributed by atoms with Crippen molar-refractivity contribution in [1.82, 2.24) is 19.6 Å². The van der Waals surface area contributed by atoms with Gasteiger partial charge in [-0.2, -0.15) is 0 Å². The number of para-hydroxylation sites is 1. The van der Waals surface area contributed by atoms with Crippen molar-refractivity contribution in [3.05, 3.63) is 64.9 Å². The first-order chi connectivity index (χ1) is 14.5. The first kappa shape index (κ1) is 19.4. The van der Waals surface area contributed by atoms with Gasteiger partial charge in [-0.15, -0.1) is 10.2 Å². The second-order valence-corrected chi connectivity index (χ2v) is 9.32. The molecule has 0 saturated carbocycles. The van der Waals surface area contributed by atoms with Crippen molar-refractivity contribution < 1.29 is 4.79 Å². The number of thioether (sulfide) groups is 1. The number of benzene rings is 2. The lowest BCUT2D eigenvalue weighted by molar-refractivity contribution is -0.115. The predicted octanol–water partition coefficient (Wildman–Crippen LogP) is 5.32. The van der Waals surface area contributed by atoms with Crippen molar-refractivity contribution in [3.63, 3.8) is 0 Å². The Hall–Kier alpha value is -2.55. The molecule has 0 atom stereocenters. The smallest absolute Gasteiger partial charge is 0.256 e. The average Bonchev–Trinajstić information content (AvgIpc) is 3.13.